The van der Waals surface area contributed by atoms with E-state index in [-0.39, 0.29) is 0 Å². The lowest BCUT2D eigenvalue weighted by atomic mass is 10.1. The molecule has 100 valence electrons. The average molecular weight is 240 g/mol. The second kappa shape index (κ2) is 11.8. The first-order valence-corrected chi connectivity index (χ1v) is 6.76. The van der Waals surface area contributed by atoms with Crippen molar-refractivity contribution in [2.45, 2.75) is 65.7 Å². The van der Waals surface area contributed by atoms with Gasteiger partial charge in [0.1, 0.15) is 0 Å². The van der Waals surface area contributed by atoms with Crippen molar-refractivity contribution in [1.82, 2.24) is 0 Å². The minimum atomic E-state index is 0.723. The van der Waals surface area contributed by atoms with Crippen LogP contribution in [0.15, 0.2) is 10.2 Å². The van der Waals surface area contributed by atoms with E-state index < -0.39 is 0 Å². The van der Waals surface area contributed by atoms with Crippen molar-refractivity contribution in [2.24, 2.45) is 10.2 Å². The molecule has 0 N–H and O–H groups in total. The van der Waals surface area contributed by atoms with Gasteiger partial charge in [0.05, 0.1) is 6.61 Å². The normalized spacial score (nSPS) is 13.2. The van der Waals surface area contributed by atoms with Gasteiger partial charge in [0.25, 0.3) is 0 Å². The van der Waals surface area contributed by atoms with Crippen molar-refractivity contribution >= 4 is 11.4 Å². The maximum atomic E-state index is 4.99. The van der Waals surface area contributed by atoms with E-state index in [0.717, 1.165) is 30.9 Å². The van der Waals surface area contributed by atoms with E-state index in [1.165, 1.54) is 32.1 Å². The molecule has 3 heteroatoms. The van der Waals surface area contributed by atoms with Crippen molar-refractivity contribution in [3.63, 3.8) is 0 Å². The minimum absolute atomic E-state index is 0.723. The molecule has 0 saturated carbocycles. The topological polar surface area (TPSA) is 34.0 Å². The molecule has 0 aliphatic heterocycles. The number of hydrogen-bond acceptors (Lipinski definition) is 3. The van der Waals surface area contributed by atoms with Gasteiger partial charge in [0.2, 0.25) is 0 Å². The summed E-state index contributed by atoms with van der Waals surface area (Å²) >= 11 is 0. The van der Waals surface area contributed by atoms with E-state index in [0.29, 0.717) is 0 Å². The highest BCUT2D eigenvalue weighted by atomic mass is 16.5. The Balaban J connectivity index is 3.69. The Kier molecular flexibility index (Phi) is 11.3. The monoisotopic (exact) mass is 240 g/mol. The van der Waals surface area contributed by atoms with E-state index in [4.69, 9.17) is 4.74 Å². The molecule has 0 heterocycles. The van der Waals surface area contributed by atoms with Gasteiger partial charge in [0, 0.05) is 25.0 Å². The Labute approximate surface area is 106 Å². The molecule has 0 atom stereocenters. The maximum Gasteiger partial charge on any atom is 0.0515 e. The molecule has 0 aliphatic carbocycles. The molecule has 0 aromatic carbocycles. The van der Waals surface area contributed by atoms with Gasteiger partial charge in [-0.2, -0.15) is 10.2 Å². The van der Waals surface area contributed by atoms with Gasteiger partial charge in [-0.05, 0) is 26.7 Å². The van der Waals surface area contributed by atoms with Gasteiger partial charge < -0.3 is 4.74 Å². The van der Waals surface area contributed by atoms with Crippen LogP contribution < -0.4 is 0 Å². The van der Waals surface area contributed by atoms with E-state index in [1.807, 2.05) is 6.92 Å². The smallest absolute Gasteiger partial charge is 0.0515 e. The highest BCUT2D eigenvalue weighted by Crippen LogP contribution is 2.06. The van der Waals surface area contributed by atoms with Gasteiger partial charge in [0.15, 0.2) is 0 Å². The van der Waals surface area contributed by atoms with E-state index in [1.54, 1.807) is 7.11 Å². The summed E-state index contributed by atoms with van der Waals surface area (Å²) in [6, 6.07) is 0. The largest absolute Gasteiger partial charge is 0.384 e. The molecule has 0 radical (unpaired) electrons. The molecule has 0 aromatic rings. The van der Waals surface area contributed by atoms with Crippen LogP contribution in [0.4, 0.5) is 0 Å². The summed E-state index contributed by atoms with van der Waals surface area (Å²) in [5, 5.41) is 8.45. The molecule has 0 saturated heterocycles. The number of nitrogens with zero attached hydrogens (tertiary/aromatic N) is 2. The van der Waals surface area contributed by atoms with E-state index >= 15 is 0 Å². The molecule has 3 nitrogen and oxygen atoms in total. The average Bonchev–Trinajstić information content (AvgIpc) is 2.33. The first-order valence-electron chi connectivity index (χ1n) is 6.76. The number of ether oxygens (including phenoxy) is 1. The molecule has 0 amide bonds. The van der Waals surface area contributed by atoms with Crippen LogP contribution in [-0.4, -0.2) is 25.1 Å². The third-order valence-electron chi connectivity index (χ3n) is 2.70. The number of unbranched alkanes of at least 4 members (excludes halogenated alkanes) is 4. The van der Waals surface area contributed by atoms with Crippen molar-refractivity contribution in [2.75, 3.05) is 13.7 Å². The summed E-state index contributed by atoms with van der Waals surface area (Å²) in [4.78, 5) is 0. The predicted molar refractivity (Wildman–Crippen MR) is 76.1 cm³/mol. The van der Waals surface area contributed by atoms with Crippen molar-refractivity contribution in [3.05, 3.63) is 0 Å². The molecule has 0 unspecified atom stereocenters. The molecular formula is C14H28N2O. The number of methoxy groups -OCH3 is 1. The molecule has 0 aromatic heterocycles. The Bertz CT molecular complexity index is 234. The molecule has 0 spiro atoms. The van der Waals surface area contributed by atoms with Crippen LogP contribution in [0.3, 0.4) is 0 Å². The quantitative estimate of drug-likeness (QED) is 0.320. The zero-order valence-corrected chi connectivity index (χ0v) is 12.0. The van der Waals surface area contributed by atoms with Crippen LogP contribution in [0.1, 0.15) is 65.7 Å². The highest BCUT2D eigenvalue weighted by molar-refractivity contribution is 5.85. The molecular weight excluding hydrogens is 212 g/mol. The first kappa shape index (κ1) is 16.3. The van der Waals surface area contributed by atoms with Crippen LogP contribution in [-0.2, 0) is 4.74 Å². The predicted octanol–water partition coefficient (Wildman–Crippen LogP) is 4.22. The van der Waals surface area contributed by atoms with Gasteiger partial charge in [-0.15, -0.1) is 0 Å². The summed E-state index contributed by atoms with van der Waals surface area (Å²) in [7, 11) is 1.71. The molecule has 0 aliphatic rings. The number of hydrogen-bond donors (Lipinski definition) is 0. The first-order chi connectivity index (χ1) is 8.20. The van der Waals surface area contributed by atoms with Crippen LogP contribution in [0.2, 0.25) is 0 Å². The summed E-state index contributed by atoms with van der Waals surface area (Å²) in [6.07, 6.45) is 8.49. The summed E-state index contributed by atoms with van der Waals surface area (Å²) in [5.74, 6) is 0. The summed E-state index contributed by atoms with van der Waals surface area (Å²) < 4.78 is 4.99. The fourth-order valence-corrected chi connectivity index (χ4v) is 1.50. The Morgan fingerprint density at radius 1 is 0.882 bits per heavy atom. The lowest BCUT2D eigenvalue weighted by Crippen LogP contribution is -1.98. The standard InChI is InChI=1S/C14H28N2O/c1-5-6-7-8-9-10-13(2)15-16-14(3)11-12-17-4/h5-12H2,1-4H3/b15-13+,16-14+. The molecule has 0 fully saturated rings. The summed E-state index contributed by atoms with van der Waals surface area (Å²) in [5.41, 5.74) is 2.18. The fourth-order valence-electron chi connectivity index (χ4n) is 1.50. The second-order valence-corrected chi connectivity index (χ2v) is 4.58. The van der Waals surface area contributed by atoms with Gasteiger partial charge in [-0.3, -0.25) is 0 Å². The lowest BCUT2D eigenvalue weighted by Gasteiger charge is -2.00. The van der Waals surface area contributed by atoms with Crippen LogP contribution in [0.5, 0.6) is 0 Å². The molecule has 0 bridgehead atoms. The zero-order valence-electron chi connectivity index (χ0n) is 12.0. The third-order valence-corrected chi connectivity index (χ3v) is 2.70. The maximum absolute atomic E-state index is 4.99. The SMILES string of the molecule is CCCCCCC/C(C)=N/N=C(\C)CCOC. The Morgan fingerprint density at radius 2 is 1.47 bits per heavy atom. The second-order valence-electron chi connectivity index (χ2n) is 4.58. The van der Waals surface area contributed by atoms with Gasteiger partial charge in [-0.25, -0.2) is 0 Å². The van der Waals surface area contributed by atoms with Crippen molar-refractivity contribution in [3.8, 4) is 0 Å². The Morgan fingerprint density at radius 3 is 2.06 bits per heavy atom. The highest BCUT2D eigenvalue weighted by Gasteiger charge is 1.94. The summed E-state index contributed by atoms with van der Waals surface area (Å²) in [6.45, 7) is 7.02. The van der Waals surface area contributed by atoms with Gasteiger partial charge >= 0.3 is 0 Å². The van der Waals surface area contributed by atoms with Crippen LogP contribution in [0.25, 0.3) is 0 Å². The third kappa shape index (κ3) is 11.6. The Hall–Kier alpha value is -0.700. The fraction of sp³-hybridized carbons (Fsp3) is 0.857. The zero-order chi connectivity index (χ0) is 12.9. The van der Waals surface area contributed by atoms with Crippen molar-refractivity contribution < 1.29 is 4.74 Å². The van der Waals surface area contributed by atoms with Crippen LogP contribution >= 0.6 is 0 Å². The van der Waals surface area contributed by atoms with Gasteiger partial charge in [-0.1, -0.05) is 32.6 Å². The van der Waals surface area contributed by atoms with Crippen molar-refractivity contribution in [1.29, 1.82) is 0 Å². The molecule has 17 heavy (non-hydrogen) atoms. The number of rotatable bonds is 10. The van der Waals surface area contributed by atoms with E-state index in [9.17, 15) is 0 Å². The lowest BCUT2D eigenvalue weighted by molar-refractivity contribution is 0.207. The van der Waals surface area contributed by atoms with E-state index in [2.05, 4.69) is 24.1 Å². The minimum Gasteiger partial charge on any atom is -0.384 e. The van der Waals surface area contributed by atoms with Crippen LogP contribution in [0, 0.1) is 0 Å². The molecule has 0 rings (SSSR count).